The largest absolute Gasteiger partial charge is 0.383 e. The molecule has 1 N–H and O–H groups in total. The molecule has 1 fully saturated rings. The normalized spacial score (nSPS) is 18.2. The third kappa shape index (κ3) is 3.95. The Morgan fingerprint density at radius 2 is 2.30 bits per heavy atom. The molecule has 0 spiro atoms. The second kappa shape index (κ2) is 7.62. The van der Waals surface area contributed by atoms with Gasteiger partial charge in [0.25, 0.3) is 5.91 Å². The minimum absolute atomic E-state index is 0.0265. The van der Waals surface area contributed by atoms with Gasteiger partial charge < -0.3 is 15.0 Å². The summed E-state index contributed by atoms with van der Waals surface area (Å²) in [7, 11) is 1.64. The number of carbonyl (C=O) groups is 1. The summed E-state index contributed by atoms with van der Waals surface area (Å²) < 4.78 is 5.11. The topological polar surface area (TPSA) is 41.6 Å². The molecule has 5 heteroatoms. The van der Waals surface area contributed by atoms with Crippen molar-refractivity contribution in [2.45, 2.75) is 18.9 Å². The van der Waals surface area contributed by atoms with Gasteiger partial charge >= 0.3 is 0 Å². The average molecular weight is 297 g/mol. The van der Waals surface area contributed by atoms with Gasteiger partial charge in [-0.2, -0.15) is 0 Å². The van der Waals surface area contributed by atoms with Crippen molar-refractivity contribution in [1.29, 1.82) is 0 Å². The van der Waals surface area contributed by atoms with Crippen LogP contribution in [-0.2, 0) is 4.74 Å². The molecule has 1 atom stereocenters. The second-order valence-corrected chi connectivity index (χ2v) is 5.42. The molecule has 1 amide bonds. The molecule has 1 saturated heterocycles. The van der Waals surface area contributed by atoms with Gasteiger partial charge in [0.2, 0.25) is 0 Å². The summed E-state index contributed by atoms with van der Waals surface area (Å²) in [6, 6.07) is 7.56. The van der Waals surface area contributed by atoms with Gasteiger partial charge in [-0.1, -0.05) is 23.7 Å². The van der Waals surface area contributed by atoms with Gasteiger partial charge in [-0.05, 0) is 31.5 Å². The summed E-state index contributed by atoms with van der Waals surface area (Å²) >= 11 is 6.12. The Morgan fingerprint density at radius 3 is 2.95 bits per heavy atom. The molecule has 0 bridgehead atoms. The smallest absolute Gasteiger partial charge is 0.255 e. The first-order valence-corrected chi connectivity index (χ1v) is 7.36. The van der Waals surface area contributed by atoms with Crippen LogP contribution in [0.15, 0.2) is 24.3 Å². The molecule has 4 nitrogen and oxygen atoms in total. The average Bonchev–Trinajstić information content (AvgIpc) is 2.96. The molecule has 1 aliphatic rings. The Hall–Kier alpha value is -1.10. The standard InChI is InChI=1S/C15H21ClN2O2/c1-20-10-9-18(11-12-5-4-8-17-12)15(19)13-6-2-3-7-14(13)16/h2-3,6-7,12,17H,4-5,8-11H2,1H3. The molecule has 1 aromatic carbocycles. The number of nitrogens with zero attached hydrogens (tertiary/aromatic N) is 1. The molecule has 0 aliphatic carbocycles. The number of ether oxygens (including phenoxy) is 1. The molecule has 1 aromatic rings. The predicted octanol–water partition coefficient (Wildman–Crippen LogP) is 2.18. The van der Waals surface area contributed by atoms with Gasteiger partial charge in [0.05, 0.1) is 17.2 Å². The summed E-state index contributed by atoms with van der Waals surface area (Å²) in [5, 5.41) is 3.92. The van der Waals surface area contributed by atoms with E-state index in [2.05, 4.69) is 5.32 Å². The lowest BCUT2D eigenvalue weighted by molar-refractivity contribution is 0.0679. The summed E-state index contributed by atoms with van der Waals surface area (Å²) in [5.41, 5.74) is 0.559. The Bertz CT molecular complexity index is 447. The monoisotopic (exact) mass is 296 g/mol. The van der Waals surface area contributed by atoms with Crippen molar-refractivity contribution in [2.75, 3.05) is 33.4 Å². The van der Waals surface area contributed by atoms with E-state index >= 15 is 0 Å². The molecule has 2 rings (SSSR count). The van der Waals surface area contributed by atoms with Crippen LogP contribution < -0.4 is 5.32 Å². The number of carbonyl (C=O) groups excluding carboxylic acids is 1. The van der Waals surface area contributed by atoms with Crippen LogP contribution in [0.5, 0.6) is 0 Å². The summed E-state index contributed by atoms with van der Waals surface area (Å²) in [6.45, 7) is 2.85. The zero-order valence-electron chi connectivity index (χ0n) is 11.8. The number of hydrogen-bond donors (Lipinski definition) is 1. The van der Waals surface area contributed by atoms with Crippen molar-refractivity contribution >= 4 is 17.5 Å². The number of rotatable bonds is 6. The maximum atomic E-state index is 12.6. The fourth-order valence-corrected chi connectivity index (χ4v) is 2.68. The number of methoxy groups -OCH3 is 1. The SMILES string of the molecule is COCCN(CC1CCCN1)C(=O)c1ccccc1Cl. The highest BCUT2D eigenvalue weighted by Gasteiger charge is 2.23. The van der Waals surface area contributed by atoms with Gasteiger partial charge in [-0.25, -0.2) is 0 Å². The van der Waals surface area contributed by atoms with E-state index in [1.54, 1.807) is 19.2 Å². The van der Waals surface area contributed by atoms with E-state index in [4.69, 9.17) is 16.3 Å². The molecular formula is C15H21ClN2O2. The molecule has 1 unspecified atom stereocenters. The van der Waals surface area contributed by atoms with E-state index in [0.717, 1.165) is 13.0 Å². The van der Waals surface area contributed by atoms with Crippen LogP contribution >= 0.6 is 11.6 Å². The summed E-state index contributed by atoms with van der Waals surface area (Å²) in [4.78, 5) is 14.4. The van der Waals surface area contributed by atoms with Crippen LogP contribution in [0.25, 0.3) is 0 Å². The highest BCUT2D eigenvalue weighted by Crippen LogP contribution is 2.18. The Morgan fingerprint density at radius 1 is 1.50 bits per heavy atom. The molecule has 1 heterocycles. The van der Waals surface area contributed by atoms with Gasteiger partial charge in [-0.3, -0.25) is 4.79 Å². The van der Waals surface area contributed by atoms with Gasteiger partial charge in [0, 0.05) is 26.2 Å². The van der Waals surface area contributed by atoms with Crippen LogP contribution in [0.4, 0.5) is 0 Å². The molecule has 110 valence electrons. The van der Waals surface area contributed by atoms with Crippen molar-refractivity contribution in [2.24, 2.45) is 0 Å². The van der Waals surface area contributed by atoms with Crippen molar-refractivity contribution in [1.82, 2.24) is 10.2 Å². The van der Waals surface area contributed by atoms with Crippen molar-refractivity contribution in [3.8, 4) is 0 Å². The minimum Gasteiger partial charge on any atom is -0.383 e. The van der Waals surface area contributed by atoms with Gasteiger partial charge in [0.15, 0.2) is 0 Å². The van der Waals surface area contributed by atoms with E-state index in [9.17, 15) is 4.79 Å². The van der Waals surface area contributed by atoms with Gasteiger partial charge in [-0.15, -0.1) is 0 Å². The Balaban J connectivity index is 2.08. The number of nitrogens with one attached hydrogen (secondary N) is 1. The van der Waals surface area contributed by atoms with Crippen LogP contribution in [0, 0.1) is 0 Å². The van der Waals surface area contributed by atoms with Crippen molar-refractivity contribution in [3.63, 3.8) is 0 Å². The number of amides is 1. The quantitative estimate of drug-likeness (QED) is 0.875. The van der Waals surface area contributed by atoms with Crippen LogP contribution in [-0.4, -0.2) is 50.2 Å². The lowest BCUT2D eigenvalue weighted by Crippen LogP contribution is -2.42. The molecule has 0 aromatic heterocycles. The third-order valence-electron chi connectivity index (χ3n) is 3.56. The fraction of sp³-hybridized carbons (Fsp3) is 0.533. The van der Waals surface area contributed by atoms with Gasteiger partial charge in [0.1, 0.15) is 0 Å². The summed E-state index contributed by atoms with van der Waals surface area (Å²) in [5.74, 6) is -0.0265. The first kappa shape index (κ1) is 15.3. The van der Waals surface area contributed by atoms with E-state index < -0.39 is 0 Å². The second-order valence-electron chi connectivity index (χ2n) is 5.02. The van der Waals surface area contributed by atoms with Crippen molar-refractivity contribution < 1.29 is 9.53 Å². The predicted molar refractivity (Wildman–Crippen MR) is 80.3 cm³/mol. The lowest BCUT2D eigenvalue weighted by atomic mass is 10.1. The van der Waals surface area contributed by atoms with Crippen LogP contribution in [0.2, 0.25) is 5.02 Å². The van der Waals surface area contributed by atoms with Crippen molar-refractivity contribution in [3.05, 3.63) is 34.9 Å². The maximum Gasteiger partial charge on any atom is 0.255 e. The molecule has 0 radical (unpaired) electrons. The number of hydrogen-bond acceptors (Lipinski definition) is 3. The first-order valence-electron chi connectivity index (χ1n) is 6.98. The Kier molecular flexibility index (Phi) is 5.83. The number of benzene rings is 1. The van der Waals surface area contributed by atoms with E-state index in [-0.39, 0.29) is 5.91 Å². The zero-order chi connectivity index (χ0) is 14.4. The number of halogens is 1. The first-order chi connectivity index (χ1) is 9.72. The van der Waals surface area contributed by atoms with E-state index in [0.29, 0.717) is 36.3 Å². The van der Waals surface area contributed by atoms with Crippen LogP contribution in [0.3, 0.4) is 0 Å². The molecule has 1 aliphatic heterocycles. The minimum atomic E-state index is -0.0265. The molecular weight excluding hydrogens is 276 g/mol. The molecule has 0 saturated carbocycles. The highest BCUT2D eigenvalue weighted by atomic mass is 35.5. The van der Waals surface area contributed by atoms with E-state index in [1.807, 2.05) is 17.0 Å². The summed E-state index contributed by atoms with van der Waals surface area (Å²) in [6.07, 6.45) is 2.28. The maximum absolute atomic E-state index is 12.6. The highest BCUT2D eigenvalue weighted by molar-refractivity contribution is 6.33. The fourth-order valence-electron chi connectivity index (χ4n) is 2.46. The van der Waals surface area contributed by atoms with E-state index in [1.165, 1.54) is 6.42 Å². The Labute approximate surface area is 125 Å². The van der Waals surface area contributed by atoms with Crippen LogP contribution in [0.1, 0.15) is 23.2 Å². The lowest BCUT2D eigenvalue weighted by Gasteiger charge is -2.26. The third-order valence-corrected chi connectivity index (χ3v) is 3.89. The molecule has 20 heavy (non-hydrogen) atoms. The zero-order valence-corrected chi connectivity index (χ0v) is 12.5.